The maximum Gasteiger partial charge on any atom is 0.224 e. The van der Waals surface area contributed by atoms with Gasteiger partial charge in [0.1, 0.15) is 0 Å². The number of amides is 1. The van der Waals surface area contributed by atoms with Gasteiger partial charge in [0, 0.05) is 24.2 Å². The van der Waals surface area contributed by atoms with Gasteiger partial charge in [0.2, 0.25) is 11.7 Å². The first kappa shape index (κ1) is 16.1. The zero-order valence-electron chi connectivity index (χ0n) is 12.2. The third-order valence-electron chi connectivity index (χ3n) is 2.81. The molecule has 0 aliphatic heterocycles. The van der Waals surface area contributed by atoms with Gasteiger partial charge in [0.25, 0.3) is 0 Å². The molecule has 0 atom stereocenters. The minimum absolute atomic E-state index is 0.0623. The molecule has 20 heavy (non-hydrogen) atoms. The van der Waals surface area contributed by atoms with Crippen molar-refractivity contribution in [2.45, 2.75) is 19.3 Å². The average molecular weight is 282 g/mol. The van der Waals surface area contributed by atoms with Crippen LogP contribution in [0.3, 0.4) is 0 Å². The Labute approximate surface area is 119 Å². The van der Waals surface area contributed by atoms with E-state index in [-0.39, 0.29) is 5.91 Å². The van der Waals surface area contributed by atoms with E-state index in [9.17, 15) is 4.79 Å². The second kappa shape index (κ2) is 8.27. The van der Waals surface area contributed by atoms with Crippen LogP contribution in [0.2, 0.25) is 0 Å². The zero-order chi connectivity index (χ0) is 15.0. The Hall–Kier alpha value is -1.95. The Morgan fingerprint density at radius 3 is 2.15 bits per heavy atom. The summed E-state index contributed by atoms with van der Waals surface area (Å²) < 4.78 is 15.7. The number of anilines is 1. The van der Waals surface area contributed by atoms with Crippen molar-refractivity contribution in [2.24, 2.45) is 5.73 Å². The molecule has 6 nitrogen and oxygen atoms in total. The van der Waals surface area contributed by atoms with Crippen molar-refractivity contribution in [3.05, 3.63) is 12.1 Å². The first-order valence-corrected chi connectivity index (χ1v) is 6.46. The Morgan fingerprint density at radius 2 is 1.70 bits per heavy atom. The van der Waals surface area contributed by atoms with Gasteiger partial charge in [-0.05, 0) is 19.4 Å². The Kier molecular flexibility index (Phi) is 6.66. The molecular weight excluding hydrogens is 260 g/mol. The van der Waals surface area contributed by atoms with Gasteiger partial charge in [-0.1, -0.05) is 0 Å². The number of methoxy groups -OCH3 is 3. The summed E-state index contributed by atoms with van der Waals surface area (Å²) in [6, 6.07) is 3.39. The largest absolute Gasteiger partial charge is 0.493 e. The van der Waals surface area contributed by atoms with E-state index in [4.69, 9.17) is 19.9 Å². The second-order valence-electron chi connectivity index (χ2n) is 4.21. The summed E-state index contributed by atoms with van der Waals surface area (Å²) >= 11 is 0. The molecule has 3 N–H and O–H groups in total. The van der Waals surface area contributed by atoms with Crippen LogP contribution in [-0.4, -0.2) is 33.8 Å². The van der Waals surface area contributed by atoms with Crippen LogP contribution in [0.1, 0.15) is 19.3 Å². The Bertz CT molecular complexity index is 424. The fourth-order valence-corrected chi connectivity index (χ4v) is 1.81. The molecule has 0 unspecified atom stereocenters. The minimum atomic E-state index is -0.0623. The fourth-order valence-electron chi connectivity index (χ4n) is 1.81. The molecule has 0 spiro atoms. The van der Waals surface area contributed by atoms with Crippen LogP contribution in [0, 0.1) is 0 Å². The summed E-state index contributed by atoms with van der Waals surface area (Å²) in [5.74, 6) is 1.44. The SMILES string of the molecule is COc1cc(NC(=O)CCCCN)cc(OC)c1OC. The lowest BCUT2D eigenvalue weighted by atomic mass is 10.2. The van der Waals surface area contributed by atoms with Gasteiger partial charge >= 0.3 is 0 Å². The van der Waals surface area contributed by atoms with Crippen molar-refractivity contribution in [1.82, 2.24) is 0 Å². The Balaban J connectivity index is 2.82. The van der Waals surface area contributed by atoms with Crippen LogP contribution in [0.4, 0.5) is 5.69 Å². The molecule has 1 aromatic rings. The number of nitrogens with one attached hydrogen (secondary N) is 1. The van der Waals surface area contributed by atoms with Crippen LogP contribution in [0.25, 0.3) is 0 Å². The third-order valence-corrected chi connectivity index (χ3v) is 2.81. The number of hydrogen-bond acceptors (Lipinski definition) is 5. The van der Waals surface area contributed by atoms with E-state index >= 15 is 0 Å². The standard InChI is InChI=1S/C14H22N2O4/c1-18-11-8-10(9-12(19-2)14(11)20-3)16-13(17)6-4-5-7-15/h8-9H,4-7,15H2,1-3H3,(H,16,17). The quantitative estimate of drug-likeness (QED) is 0.710. The van der Waals surface area contributed by atoms with Crippen molar-refractivity contribution >= 4 is 11.6 Å². The summed E-state index contributed by atoms with van der Waals surface area (Å²) in [7, 11) is 4.60. The van der Waals surface area contributed by atoms with Gasteiger partial charge in [0.05, 0.1) is 21.3 Å². The molecule has 6 heteroatoms. The van der Waals surface area contributed by atoms with Gasteiger partial charge in [0.15, 0.2) is 11.5 Å². The number of carbonyl (C=O) groups is 1. The fraction of sp³-hybridized carbons (Fsp3) is 0.500. The molecule has 112 valence electrons. The number of ether oxygens (including phenoxy) is 3. The molecule has 0 aliphatic rings. The monoisotopic (exact) mass is 282 g/mol. The highest BCUT2D eigenvalue weighted by Crippen LogP contribution is 2.39. The van der Waals surface area contributed by atoms with Gasteiger partial charge in [-0.3, -0.25) is 4.79 Å². The topological polar surface area (TPSA) is 82.8 Å². The van der Waals surface area contributed by atoms with Crippen molar-refractivity contribution < 1.29 is 19.0 Å². The predicted octanol–water partition coefficient (Wildman–Crippen LogP) is 1.78. The molecule has 1 aromatic carbocycles. The summed E-state index contributed by atoms with van der Waals surface area (Å²) in [5.41, 5.74) is 6.00. The highest BCUT2D eigenvalue weighted by molar-refractivity contribution is 5.91. The summed E-state index contributed by atoms with van der Waals surface area (Å²) in [5, 5.41) is 2.81. The molecule has 0 fully saturated rings. The molecule has 0 radical (unpaired) electrons. The highest BCUT2D eigenvalue weighted by atomic mass is 16.5. The molecule has 0 bridgehead atoms. The van der Waals surface area contributed by atoms with E-state index < -0.39 is 0 Å². The first-order valence-electron chi connectivity index (χ1n) is 6.46. The van der Waals surface area contributed by atoms with Crippen LogP contribution in [0.15, 0.2) is 12.1 Å². The van der Waals surface area contributed by atoms with E-state index in [0.717, 1.165) is 12.8 Å². The number of unbranched alkanes of at least 4 members (excludes halogenated alkanes) is 1. The lowest BCUT2D eigenvalue weighted by Crippen LogP contribution is -2.12. The van der Waals surface area contributed by atoms with Gasteiger partial charge in [-0.2, -0.15) is 0 Å². The number of benzene rings is 1. The van der Waals surface area contributed by atoms with Crippen molar-refractivity contribution in [1.29, 1.82) is 0 Å². The van der Waals surface area contributed by atoms with Crippen LogP contribution >= 0.6 is 0 Å². The van der Waals surface area contributed by atoms with Crippen LogP contribution < -0.4 is 25.3 Å². The van der Waals surface area contributed by atoms with Crippen molar-refractivity contribution in [3.8, 4) is 17.2 Å². The minimum Gasteiger partial charge on any atom is -0.493 e. The molecule has 0 heterocycles. The van der Waals surface area contributed by atoms with E-state index in [2.05, 4.69) is 5.32 Å². The number of carbonyl (C=O) groups excluding carboxylic acids is 1. The zero-order valence-corrected chi connectivity index (χ0v) is 12.2. The first-order chi connectivity index (χ1) is 9.65. The molecule has 1 amide bonds. The third kappa shape index (κ3) is 4.31. The van der Waals surface area contributed by atoms with Crippen LogP contribution in [0.5, 0.6) is 17.2 Å². The molecule has 0 aliphatic carbocycles. The van der Waals surface area contributed by atoms with Crippen molar-refractivity contribution in [3.63, 3.8) is 0 Å². The summed E-state index contributed by atoms with van der Waals surface area (Å²) in [6.45, 7) is 0.595. The highest BCUT2D eigenvalue weighted by Gasteiger charge is 2.14. The molecule has 1 rings (SSSR count). The number of nitrogens with two attached hydrogens (primary N) is 1. The van der Waals surface area contributed by atoms with Gasteiger partial charge < -0.3 is 25.3 Å². The number of hydrogen-bond donors (Lipinski definition) is 2. The smallest absolute Gasteiger partial charge is 0.224 e. The van der Waals surface area contributed by atoms with E-state index in [0.29, 0.717) is 35.9 Å². The number of rotatable bonds is 8. The van der Waals surface area contributed by atoms with Gasteiger partial charge in [-0.15, -0.1) is 0 Å². The van der Waals surface area contributed by atoms with Gasteiger partial charge in [-0.25, -0.2) is 0 Å². The second-order valence-corrected chi connectivity index (χ2v) is 4.21. The molecule has 0 aromatic heterocycles. The summed E-state index contributed by atoms with van der Waals surface area (Å²) in [6.07, 6.45) is 2.04. The maximum absolute atomic E-state index is 11.8. The summed E-state index contributed by atoms with van der Waals surface area (Å²) in [4.78, 5) is 11.8. The normalized spacial score (nSPS) is 10.0. The Morgan fingerprint density at radius 1 is 1.10 bits per heavy atom. The molecule has 0 saturated carbocycles. The average Bonchev–Trinajstić information content (AvgIpc) is 2.46. The molecule has 0 saturated heterocycles. The predicted molar refractivity (Wildman–Crippen MR) is 77.6 cm³/mol. The van der Waals surface area contributed by atoms with E-state index in [1.54, 1.807) is 12.1 Å². The van der Waals surface area contributed by atoms with Crippen LogP contribution in [-0.2, 0) is 4.79 Å². The van der Waals surface area contributed by atoms with E-state index in [1.165, 1.54) is 21.3 Å². The maximum atomic E-state index is 11.8. The lowest BCUT2D eigenvalue weighted by molar-refractivity contribution is -0.116. The van der Waals surface area contributed by atoms with Crippen molar-refractivity contribution in [2.75, 3.05) is 33.2 Å². The molecular formula is C14H22N2O4. The lowest BCUT2D eigenvalue weighted by Gasteiger charge is -2.14. The van der Waals surface area contributed by atoms with E-state index in [1.807, 2.05) is 0 Å².